The van der Waals surface area contributed by atoms with Crippen LogP contribution in [0.5, 0.6) is 5.75 Å². The number of nitrogens with zero attached hydrogens (tertiary/aromatic N) is 1. The second kappa shape index (κ2) is 3.72. The first-order valence-electron chi connectivity index (χ1n) is 4.61. The Kier molecular flexibility index (Phi) is 2.52. The Labute approximate surface area is 97.0 Å². The number of ether oxygens (including phenoxy) is 1. The summed E-state index contributed by atoms with van der Waals surface area (Å²) in [5, 5.41) is 10.5. The van der Waals surface area contributed by atoms with Crippen LogP contribution in [-0.4, -0.2) is 22.8 Å². The number of carbonyl (C=O) groups excluding carboxylic acids is 1. The molecule has 0 spiro atoms. The van der Waals surface area contributed by atoms with Crippen molar-refractivity contribution >= 4 is 28.5 Å². The summed E-state index contributed by atoms with van der Waals surface area (Å²) in [6.45, 7) is 0. The summed E-state index contributed by atoms with van der Waals surface area (Å²) >= 11 is 5.97. The third-order valence-corrected chi connectivity index (χ3v) is 2.80. The lowest BCUT2D eigenvalue weighted by Crippen LogP contribution is -2.06. The van der Waals surface area contributed by atoms with Crippen molar-refractivity contribution in [3.05, 3.63) is 28.9 Å². The van der Waals surface area contributed by atoms with Gasteiger partial charge in [0.2, 0.25) is 0 Å². The van der Waals surface area contributed by atoms with Gasteiger partial charge in [0.1, 0.15) is 11.4 Å². The van der Waals surface area contributed by atoms with Gasteiger partial charge in [0, 0.05) is 18.5 Å². The molecule has 1 aromatic heterocycles. The number of benzene rings is 1. The molecule has 0 aliphatic heterocycles. The molecule has 0 bridgehead atoms. The van der Waals surface area contributed by atoms with Crippen LogP contribution in [0.1, 0.15) is 10.5 Å². The van der Waals surface area contributed by atoms with E-state index in [0.717, 1.165) is 0 Å². The van der Waals surface area contributed by atoms with Crippen molar-refractivity contribution in [1.29, 1.82) is 0 Å². The SMILES string of the molecule is COC(=O)c1cc2c(Cl)cc(O)cc2n1C. The molecule has 0 radical (unpaired) electrons. The minimum absolute atomic E-state index is 0.0649. The molecule has 0 unspecified atom stereocenters. The highest BCUT2D eigenvalue weighted by Crippen LogP contribution is 2.30. The maximum atomic E-state index is 11.5. The minimum atomic E-state index is -0.436. The lowest BCUT2D eigenvalue weighted by atomic mass is 10.2. The first kappa shape index (κ1) is 10.8. The second-order valence-electron chi connectivity index (χ2n) is 3.44. The standard InChI is InChI=1S/C11H10ClNO3/c1-13-9-4-6(14)3-8(12)7(9)5-10(13)11(15)16-2/h3-5,14H,1-2H3. The van der Waals surface area contributed by atoms with E-state index < -0.39 is 5.97 Å². The van der Waals surface area contributed by atoms with Gasteiger partial charge in [-0.15, -0.1) is 0 Å². The maximum absolute atomic E-state index is 11.5. The number of fused-ring (bicyclic) bond motifs is 1. The third-order valence-electron chi connectivity index (χ3n) is 2.49. The first-order valence-corrected chi connectivity index (χ1v) is 4.98. The molecule has 5 heteroatoms. The van der Waals surface area contributed by atoms with E-state index in [0.29, 0.717) is 21.6 Å². The van der Waals surface area contributed by atoms with E-state index in [2.05, 4.69) is 4.74 Å². The molecular formula is C11H10ClNO3. The molecule has 1 aromatic carbocycles. The number of halogens is 1. The number of phenols is 1. The first-order chi connectivity index (χ1) is 7.54. The highest BCUT2D eigenvalue weighted by Gasteiger charge is 2.15. The number of aromatic nitrogens is 1. The van der Waals surface area contributed by atoms with E-state index in [9.17, 15) is 9.90 Å². The molecule has 0 saturated carbocycles. The highest BCUT2D eigenvalue weighted by atomic mass is 35.5. The fourth-order valence-corrected chi connectivity index (χ4v) is 1.94. The van der Waals surface area contributed by atoms with Crippen molar-refractivity contribution in [2.45, 2.75) is 0 Å². The van der Waals surface area contributed by atoms with Crippen LogP contribution in [0.15, 0.2) is 18.2 Å². The molecule has 84 valence electrons. The van der Waals surface area contributed by atoms with Gasteiger partial charge in [-0.25, -0.2) is 4.79 Å². The maximum Gasteiger partial charge on any atom is 0.354 e. The van der Waals surface area contributed by atoms with Crippen LogP contribution < -0.4 is 0 Å². The summed E-state index contributed by atoms with van der Waals surface area (Å²) in [4.78, 5) is 11.5. The molecule has 0 saturated heterocycles. The number of esters is 1. The largest absolute Gasteiger partial charge is 0.508 e. The number of methoxy groups -OCH3 is 1. The molecule has 4 nitrogen and oxygen atoms in total. The predicted octanol–water partition coefficient (Wildman–Crippen LogP) is 2.32. The minimum Gasteiger partial charge on any atom is -0.508 e. The van der Waals surface area contributed by atoms with Gasteiger partial charge < -0.3 is 14.4 Å². The fourth-order valence-electron chi connectivity index (χ4n) is 1.67. The van der Waals surface area contributed by atoms with Crippen molar-refractivity contribution in [2.24, 2.45) is 7.05 Å². The number of aromatic hydroxyl groups is 1. The summed E-state index contributed by atoms with van der Waals surface area (Å²) < 4.78 is 6.28. The average Bonchev–Trinajstić information content (AvgIpc) is 2.56. The lowest BCUT2D eigenvalue weighted by molar-refractivity contribution is 0.0590. The molecule has 1 heterocycles. The lowest BCUT2D eigenvalue weighted by Gasteiger charge is -2.02. The van der Waals surface area contributed by atoms with E-state index in [1.54, 1.807) is 23.7 Å². The van der Waals surface area contributed by atoms with E-state index in [4.69, 9.17) is 11.6 Å². The van der Waals surface area contributed by atoms with Crippen LogP contribution in [0.3, 0.4) is 0 Å². The molecule has 16 heavy (non-hydrogen) atoms. The predicted molar refractivity (Wildman–Crippen MR) is 60.9 cm³/mol. The molecule has 0 aliphatic carbocycles. The Bertz CT molecular complexity index is 574. The molecular weight excluding hydrogens is 230 g/mol. The smallest absolute Gasteiger partial charge is 0.354 e. The number of phenolic OH excluding ortho intramolecular Hbond substituents is 1. The van der Waals surface area contributed by atoms with E-state index >= 15 is 0 Å². The Balaban J connectivity index is 2.77. The summed E-state index contributed by atoms with van der Waals surface area (Å²) in [5.41, 5.74) is 1.08. The van der Waals surface area contributed by atoms with Gasteiger partial charge >= 0.3 is 5.97 Å². The molecule has 0 fully saturated rings. The fraction of sp³-hybridized carbons (Fsp3) is 0.182. The van der Waals surface area contributed by atoms with Gasteiger partial charge in [-0.3, -0.25) is 0 Å². The second-order valence-corrected chi connectivity index (χ2v) is 3.85. The molecule has 0 atom stereocenters. The number of carbonyl (C=O) groups is 1. The van der Waals surface area contributed by atoms with Crippen molar-refractivity contribution in [3.8, 4) is 5.75 Å². The third kappa shape index (κ3) is 1.51. The topological polar surface area (TPSA) is 51.5 Å². The van der Waals surface area contributed by atoms with Crippen molar-refractivity contribution in [3.63, 3.8) is 0 Å². The van der Waals surface area contributed by atoms with Crippen LogP contribution in [-0.2, 0) is 11.8 Å². The summed E-state index contributed by atoms with van der Waals surface area (Å²) in [6, 6.07) is 4.63. The molecule has 1 N–H and O–H groups in total. The van der Waals surface area contributed by atoms with Gasteiger partial charge in [-0.05, 0) is 12.1 Å². The van der Waals surface area contributed by atoms with Crippen LogP contribution in [0, 0.1) is 0 Å². The van der Waals surface area contributed by atoms with Gasteiger partial charge in [0.15, 0.2) is 0 Å². The van der Waals surface area contributed by atoms with Crippen molar-refractivity contribution in [2.75, 3.05) is 7.11 Å². The number of aryl methyl sites for hydroxylation is 1. The molecule has 2 aromatic rings. The molecule has 2 rings (SSSR count). The summed E-state index contributed by atoms with van der Waals surface area (Å²) in [5.74, 6) is -0.371. The monoisotopic (exact) mass is 239 g/mol. The Morgan fingerprint density at radius 3 is 2.75 bits per heavy atom. The van der Waals surface area contributed by atoms with Gasteiger partial charge in [-0.2, -0.15) is 0 Å². The summed E-state index contributed by atoms with van der Waals surface area (Å²) in [6.07, 6.45) is 0. The number of hydrogen-bond donors (Lipinski definition) is 1. The average molecular weight is 240 g/mol. The highest BCUT2D eigenvalue weighted by molar-refractivity contribution is 6.35. The van der Waals surface area contributed by atoms with E-state index in [1.165, 1.54) is 13.2 Å². The Hall–Kier alpha value is -1.68. The zero-order valence-electron chi connectivity index (χ0n) is 8.82. The number of rotatable bonds is 1. The van der Waals surface area contributed by atoms with Gasteiger partial charge in [-0.1, -0.05) is 11.6 Å². The van der Waals surface area contributed by atoms with Crippen LogP contribution in [0.2, 0.25) is 5.02 Å². The zero-order chi connectivity index (χ0) is 11.9. The molecule has 0 aliphatic rings. The Morgan fingerprint density at radius 1 is 1.44 bits per heavy atom. The summed E-state index contributed by atoms with van der Waals surface area (Å²) in [7, 11) is 3.03. The van der Waals surface area contributed by atoms with Crippen LogP contribution in [0.4, 0.5) is 0 Å². The molecule has 0 amide bonds. The quantitative estimate of drug-likeness (QED) is 0.777. The van der Waals surface area contributed by atoms with Crippen LogP contribution in [0.25, 0.3) is 10.9 Å². The normalized spacial score (nSPS) is 10.7. The zero-order valence-corrected chi connectivity index (χ0v) is 9.58. The van der Waals surface area contributed by atoms with Gasteiger partial charge in [0.05, 0.1) is 17.6 Å². The van der Waals surface area contributed by atoms with Crippen molar-refractivity contribution < 1.29 is 14.6 Å². The Morgan fingerprint density at radius 2 is 2.12 bits per heavy atom. The number of hydrogen-bond acceptors (Lipinski definition) is 3. The van der Waals surface area contributed by atoms with Crippen molar-refractivity contribution in [1.82, 2.24) is 4.57 Å². The van der Waals surface area contributed by atoms with E-state index in [-0.39, 0.29) is 5.75 Å². The van der Waals surface area contributed by atoms with E-state index in [1.807, 2.05) is 0 Å². The van der Waals surface area contributed by atoms with Crippen LogP contribution >= 0.6 is 11.6 Å². The van der Waals surface area contributed by atoms with Gasteiger partial charge in [0.25, 0.3) is 0 Å².